The largest absolute Gasteiger partial charge is 0.368 e. The minimum absolute atomic E-state index is 0.302. The zero-order chi connectivity index (χ0) is 12.7. The molecule has 1 aromatic heterocycles. The molecule has 2 aliphatic heterocycles. The van der Waals surface area contributed by atoms with Gasteiger partial charge in [0.25, 0.3) is 0 Å². The summed E-state index contributed by atoms with van der Waals surface area (Å²) in [5.74, 6) is -0.302. The number of likely N-dealkylation sites (tertiary alicyclic amines) is 2. The minimum atomic E-state index is -0.380. The quantitative estimate of drug-likeness (QED) is 0.815. The average Bonchev–Trinajstić information content (AvgIpc) is 2.89. The van der Waals surface area contributed by atoms with Crippen LogP contribution in [0, 0.1) is 0 Å². The number of hydrogen-bond donors (Lipinski definition) is 1. The number of amides is 1. The number of hydrogen-bond acceptors (Lipinski definition) is 4. The highest BCUT2D eigenvalue weighted by molar-refractivity contribution is 5.81. The minimum Gasteiger partial charge on any atom is -0.368 e. The number of likely N-dealkylation sites (N-methyl/N-ethyl adjacent to an activating group) is 1. The maximum absolute atomic E-state index is 11.8. The fourth-order valence-electron chi connectivity index (χ4n) is 3.23. The number of carbonyl (C=O) groups excluding carboxylic acids is 1. The maximum Gasteiger partial charge on any atom is 0.241 e. The average molecular weight is 246 g/mol. The van der Waals surface area contributed by atoms with E-state index in [9.17, 15) is 4.79 Å². The van der Waals surface area contributed by atoms with E-state index in [4.69, 9.17) is 5.73 Å². The van der Waals surface area contributed by atoms with Gasteiger partial charge in [-0.3, -0.25) is 14.7 Å². The fraction of sp³-hybridized carbons (Fsp3) is 0.538. The molecular formula is C13H18N4O. The Hall–Kier alpha value is -1.46. The first-order valence-electron chi connectivity index (χ1n) is 6.33. The van der Waals surface area contributed by atoms with Crippen molar-refractivity contribution < 1.29 is 4.79 Å². The van der Waals surface area contributed by atoms with Gasteiger partial charge in [0, 0.05) is 31.4 Å². The van der Waals surface area contributed by atoms with Crippen molar-refractivity contribution in [1.82, 2.24) is 14.8 Å². The van der Waals surface area contributed by atoms with Gasteiger partial charge in [-0.1, -0.05) is 6.07 Å². The number of pyridine rings is 1. The zero-order valence-corrected chi connectivity index (χ0v) is 10.5. The molecule has 2 fully saturated rings. The molecule has 0 aromatic carbocycles. The lowest BCUT2D eigenvalue weighted by Crippen LogP contribution is -2.49. The summed E-state index contributed by atoms with van der Waals surface area (Å²) in [4.78, 5) is 20.6. The van der Waals surface area contributed by atoms with Crippen LogP contribution in [0.25, 0.3) is 0 Å². The van der Waals surface area contributed by atoms with Crippen molar-refractivity contribution in [1.29, 1.82) is 0 Å². The van der Waals surface area contributed by atoms with Gasteiger partial charge < -0.3 is 10.6 Å². The molecule has 0 radical (unpaired) electrons. The number of piperazine rings is 1. The van der Waals surface area contributed by atoms with Gasteiger partial charge in [-0.05, 0) is 25.6 Å². The van der Waals surface area contributed by atoms with Crippen LogP contribution in [0.5, 0.6) is 0 Å². The van der Waals surface area contributed by atoms with Gasteiger partial charge in [-0.2, -0.15) is 0 Å². The lowest BCUT2D eigenvalue weighted by molar-refractivity contribution is -0.124. The van der Waals surface area contributed by atoms with E-state index in [1.54, 1.807) is 6.20 Å². The first-order valence-corrected chi connectivity index (χ1v) is 6.33. The third kappa shape index (κ3) is 1.79. The molecule has 0 saturated carbocycles. The summed E-state index contributed by atoms with van der Waals surface area (Å²) >= 11 is 0. The Bertz CT molecular complexity index is 448. The van der Waals surface area contributed by atoms with Gasteiger partial charge in [0.2, 0.25) is 5.91 Å². The maximum atomic E-state index is 11.8. The van der Waals surface area contributed by atoms with E-state index >= 15 is 0 Å². The summed E-state index contributed by atoms with van der Waals surface area (Å²) in [6.45, 7) is 1.92. The van der Waals surface area contributed by atoms with E-state index in [-0.39, 0.29) is 11.9 Å². The molecule has 3 atom stereocenters. The number of primary amides is 1. The number of fused-ring (bicyclic) bond motifs is 2. The van der Waals surface area contributed by atoms with Gasteiger partial charge in [-0.25, -0.2) is 0 Å². The summed E-state index contributed by atoms with van der Waals surface area (Å²) < 4.78 is 0. The molecule has 2 N–H and O–H groups in total. The molecule has 2 bridgehead atoms. The van der Waals surface area contributed by atoms with Crippen molar-refractivity contribution in [2.45, 2.75) is 24.5 Å². The summed E-state index contributed by atoms with van der Waals surface area (Å²) in [7, 11) is 2.14. The van der Waals surface area contributed by atoms with Crippen molar-refractivity contribution in [3.8, 4) is 0 Å². The first-order chi connectivity index (χ1) is 8.66. The Kier molecular flexibility index (Phi) is 2.80. The summed E-state index contributed by atoms with van der Waals surface area (Å²) in [6, 6.07) is 6.24. The molecule has 0 spiro atoms. The Morgan fingerprint density at radius 1 is 1.44 bits per heavy atom. The molecule has 1 aromatic rings. The highest BCUT2D eigenvalue weighted by Crippen LogP contribution is 2.35. The molecule has 96 valence electrons. The number of rotatable bonds is 3. The molecule has 0 aliphatic carbocycles. The lowest BCUT2D eigenvalue weighted by Gasteiger charge is -2.35. The number of nitrogens with zero attached hydrogens (tertiary/aromatic N) is 3. The predicted octanol–water partition coefficient (Wildman–Crippen LogP) is -0.00370. The molecule has 2 aliphatic rings. The standard InChI is InChI=1S/C13H18N4O/c1-16-7-10-6-9(16)8-17(10)12(13(14)18)11-4-2-3-5-15-11/h2-5,9-10,12H,6-8H2,1H3,(H2,14,18)/t9-,10-,12?/m0/s1. The molecule has 18 heavy (non-hydrogen) atoms. The Morgan fingerprint density at radius 3 is 2.78 bits per heavy atom. The van der Waals surface area contributed by atoms with Crippen LogP contribution in [0.2, 0.25) is 0 Å². The van der Waals surface area contributed by atoms with Crippen LogP contribution >= 0.6 is 0 Å². The van der Waals surface area contributed by atoms with E-state index < -0.39 is 0 Å². The molecule has 3 rings (SSSR count). The van der Waals surface area contributed by atoms with E-state index in [2.05, 4.69) is 21.8 Å². The highest BCUT2D eigenvalue weighted by Gasteiger charge is 2.46. The molecular weight excluding hydrogens is 228 g/mol. The van der Waals surface area contributed by atoms with Gasteiger partial charge in [0.1, 0.15) is 6.04 Å². The smallest absolute Gasteiger partial charge is 0.241 e. The van der Waals surface area contributed by atoms with Crippen molar-refractivity contribution in [3.05, 3.63) is 30.1 Å². The van der Waals surface area contributed by atoms with Gasteiger partial charge in [0.15, 0.2) is 0 Å². The second-order valence-electron chi connectivity index (χ2n) is 5.24. The monoisotopic (exact) mass is 246 g/mol. The second-order valence-corrected chi connectivity index (χ2v) is 5.24. The van der Waals surface area contributed by atoms with Gasteiger partial charge >= 0.3 is 0 Å². The molecule has 5 nitrogen and oxygen atoms in total. The van der Waals surface area contributed by atoms with Crippen LogP contribution in [0.4, 0.5) is 0 Å². The fourth-order valence-corrected chi connectivity index (χ4v) is 3.23. The number of carbonyl (C=O) groups is 1. The third-order valence-electron chi connectivity index (χ3n) is 4.13. The Balaban J connectivity index is 1.87. The Morgan fingerprint density at radius 2 is 2.28 bits per heavy atom. The van der Waals surface area contributed by atoms with E-state index in [0.717, 1.165) is 25.2 Å². The topological polar surface area (TPSA) is 62.5 Å². The lowest BCUT2D eigenvalue weighted by atomic mass is 10.1. The van der Waals surface area contributed by atoms with Crippen LogP contribution in [-0.2, 0) is 4.79 Å². The number of aromatic nitrogens is 1. The van der Waals surface area contributed by atoms with E-state index in [1.165, 1.54) is 0 Å². The molecule has 2 saturated heterocycles. The van der Waals surface area contributed by atoms with Crippen molar-refractivity contribution in [2.24, 2.45) is 5.73 Å². The van der Waals surface area contributed by atoms with Crippen molar-refractivity contribution in [3.63, 3.8) is 0 Å². The first kappa shape index (κ1) is 11.6. The molecule has 1 amide bonds. The van der Waals surface area contributed by atoms with E-state index in [0.29, 0.717) is 12.1 Å². The summed E-state index contributed by atoms with van der Waals surface area (Å²) in [6.07, 6.45) is 2.85. The predicted molar refractivity (Wildman–Crippen MR) is 67.7 cm³/mol. The third-order valence-corrected chi connectivity index (χ3v) is 4.13. The molecule has 1 unspecified atom stereocenters. The summed E-state index contributed by atoms with van der Waals surface area (Å²) in [5.41, 5.74) is 6.34. The van der Waals surface area contributed by atoms with Crippen LogP contribution in [0.1, 0.15) is 18.2 Å². The van der Waals surface area contributed by atoms with Crippen LogP contribution in [0.3, 0.4) is 0 Å². The van der Waals surface area contributed by atoms with Crippen LogP contribution in [-0.4, -0.2) is 52.9 Å². The Labute approximate surface area is 107 Å². The van der Waals surface area contributed by atoms with Crippen molar-refractivity contribution in [2.75, 3.05) is 20.1 Å². The highest BCUT2D eigenvalue weighted by atomic mass is 16.1. The SMILES string of the molecule is CN1C[C@@H]2C[C@H]1CN2C(C(N)=O)c1ccccn1. The van der Waals surface area contributed by atoms with Crippen molar-refractivity contribution >= 4 is 5.91 Å². The second kappa shape index (κ2) is 4.33. The van der Waals surface area contributed by atoms with Crippen LogP contribution < -0.4 is 5.73 Å². The molecule has 5 heteroatoms. The molecule has 3 heterocycles. The zero-order valence-electron chi connectivity index (χ0n) is 10.5. The normalized spacial score (nSPS) is 29.6. The van der Waals surface area contributed by atoms with E-state index in [1.807, 2.05) is 18.2 Å². The number of nitrogens with two attached hydrogens (primary N) is 1. The van der Waals surface area contributed by atoms with Crippen LogP contribution in [0.15, 0.2) is 24.4 Å². The summed E-state index contributed by atoms with van der Waals surface area (Å²) in [5, 5.41) is 0. The van der Waals surface area contributed by atoms with Gasteiger partial charge in [-0.15, -0.1) is 0 Å². The van der Waals surface area contributed by atoms with Gasteiger partial charge in [0.05, 0.1) is 5.69 Å².